The van der Waals surface area contributed by atoms with Gasteiger partial charge in [-0.25, -0.2) is 0 Å². The van der Waals surface area contributed by atoms with Gasteiger partial charge in [0.25, 0.3) is 0 Å². The molecule has 0 aromatic heterocycles. The minimum absolute atomic E-state index is 0.170. The van der Waals surface area contributed by atoms with E-state index in [0.29, 0.717) is 6.04 Å². The van der Waals surface area contributed by atoms with Crippen molar-refractivity contribution in [3.8, 4) is 5.75 Å². The predicted molar refractivity (Wildman–Crippen MR) is 120 cm³/mol. The molecule has 2 heterocycles. The summed E-state index contributed by atoms with van der Waals surface area (Å²) in [6, 6.07) is 15.6. The highest BCUT2D eigenvalue weighted by Crippen LogP contribution is 2.40. The maximum Gasteiger partial charge on any atom is 0.494 e. The molecule has 0 spiro atoms. The lowest BCUT2D eigenvalue weighted by Crippen LogP contribution is -2.41. The monoisotopic (exact) mass is 405 g/mol. The average Bonchev–Trinajstić information content (AvgIpc) is 3.13. The van der Waals surface area contributed by atoms with Gasteiger partial charge in [-0.1, -0.05) is 36.4 Å². The number of rotatable bonds is 2. The Balaban J connectivity index is 1.44. The number of benzene rings is 2. The molecule has 158 valence electrons. The minimum atomic E-state index is -0.322. The van der Waals surface area contributed by atoms with Crippen LogP contribution in [0.15, 0.2) is 42.5 Å². The number of hydrogen-bond donors (Lipinski definition) is 0. The van der Waals surface area contributed by atoms with Crippen LogP contribution in [-0.4, -0.2) is 35.9 Å². The van der Waals surface area contributed by atoms with Crippen molar-refractivity contribution >= 4 is 12.6 Å². The van der Waals surface area contributed by atoms with E-state index in [1.54, 1.807) is 0 Å². The third kappa shape index (κ3) is 3.37. The number of nitrogens with zero attached hydrogens (tertiary/aromatic N) is 1. The molecule has 5 rings (SSSR count). The van der Waals surface area contributed by atoms with E-state index >= 15 is 0 Å². The summed E-state index contributed by atoms with van der Waals surface area (Å²) in [6.07, 6.45) is 2.44. The topological polar surface area (TPSA) is 30.9 Å². The van der Waals surface area contributed by atoms with E-state index in [-0.39, 0.29) is 24.4 Å². The molecule has 0 radical (unpaired) electrons. The van der Waals surface area contributed by atoms with Crippen LogP contribution in [0.1, 0.15) is 63.8 Å². The van der Waals surface area contributed by atoms with Crippen LogP contribution in [-0.2, 0) is 22.3 Å². The fraction of sp³-hybridized carbons (Fsp3) is 0.520. The van der Waals surface area contributed by atoms with E-state index in [1.807, 2.05) is 0 Å². The SMILES string of the molecule is CC1CN(C2CCc3ccc(B4OC(C)(C)C(C)(C)O4)cc32)Cc2ccccc2O1. The van der Waals surface area contributed by atoms with Crippen molar-refractivity contribution in [2.24, 2.45) is 0 Å². The second-order valence-corrected chi connectivity index (χ2v) is 10.1. The first kappa shape index (κ1) is 20.1. The van der Waals surface area contributed by atoms with Crippen molar-refractivity contribution in [1.82, 2.24) is 4.90 Å². The van der Waals surface area contributed by atoms with Gasteiger partial charge in [0.1, 0.15) is 11.9 Å². The molecule has 0 N–H and O–H groups in total. The predicted octanol–water partition coefficient (Wildman–Crippen LogP) is 4.26. The first-order valence-electron chi connectivity index (χ1n) is 11.2. The van der Waals surface area contributed by atoms with Gasteiger partial charge in [-0.3, -0.25) is 4.90 Å². The van der Waals surface area contributed by atoms with Gasteiger partial charge in [-0.15, -0.1) is 0 Å². The molecule has 1 aliphatic carbocycles. The molecule has 4 nitrogen and oxygen atoms in total. The van der Waals surface area contributed by atoms with Crippen molar-refractivity contribution in [2.75, 3.05) is 6.54 Å². The Morgan fingerprint density at radius 2 is 1.70 bits per heavy atom. The highest BCUT2D eigenvalue weighted by atomic mass is 16.7. The maximum atomic E-state index is 6.32. The van der Waals surface area contributed by atoms with Crippen molar-refractivity contribution in [2.45, 2.75) is 77.4 Å². The minimum Gasteiger partial charge on any atom is -0.489 e. The van der Waals surface area contributed by atoms with Gasteiger partial charge in [0.05, 0.1) is 11.2 Å². The summed E-state index contributed by atoms with van der Waals surface area (Å²) < 4.78 is 18.8. The largest absolute Gasteiger partial charge is 0.494 e. The summed E-state index contributed by atoms with van der Waals surface area (Å²) in [5, 5.41) is 0. The van der Waals surface area contributed by atoms with E-state index in [4.69, 9.17) is 14.0 Å². The molecule has 3 aliphatic rings. The molecule has 0 amide bonds. The maximum absolute atomic E-state index is 6.32. The third-order valence-electron chi connectivity index (χ3n) is 7.35. The van der Waals surface area contributed by atoms with Crippen LogP contribution in [0, 0.1) is 0 Å². The van der Waals surface area contributed by atoms with Gasteiger partial charge in [0.15, 0.2) is 0 Å². The summed E-state index contributed by atoms with van der Waals surface area (Å²) >= 11 is 0. The first-order chi connectivity index (χ1) is 14.2. The van der Waals surface area contributed by atoms with E-state index in [9.17, 15) is 0 Å². The molecule has 30 heavy (non-hydrogen) atoms. The van der Waals surface area contributed by atoms with Crippen LogP contribution >= 0.6 is 0 Å². The Bertz CT molecular complexity index is 941. The van der Waals surface area contributed by atoms with Crippen LogP contribution in [0.25, 0.3) is 0 Å². The molecule has 1 fully saturated rings. The molecule has 5 heteroatoms. The van der Waals surface area contributed by atoms with Crippen molar-refractivity contribution in [1.29, 1.82) is 0 Å². The van der Waals surface area contributed by atoms with Gasteiger partial charge in [0.2, 0.25) is 0 Å². The number of fused-ring (bicyclic) bond motifs is 2. The number of aryl methyl sites for hydroxylation is 1. The molecule has 2 atom stereocenters. The van der Waals surface area contributed by atoms with Crippen molar-refractivity contribution < 1.29 is 14.0 Å². The summed E-state index contributed by atoms with van der Waals surface area (Å²) in [4.78, 5) is 2.59. The Morgan fingerprint density at radius 1 is 0.967 bits per heavy atom. The molecule has 0 saturated carbocycles. The fourth-order valence-electron chi connectivity index (χ4n) is 4.96. The van der Waals surface area contributed by atoms with Gasteiger partial charge in [-0.2, -0.15) is 0 Å². The van der Waals surface area contributed by atoms with Crippen molar-refractivity contribution in [3.05, 3.63) is 59.2 Å². The van der Waals surface area contributed by atoms with Crippen LogP contribution in [0.2, 0.25) is 0 Å². The smallest absolute Gasteiger partial charge is 0.489 e. The van der Waals surface area contributed by atoms with E-state index in [1.165, 1.54) is 16.7 Å². The number of para-hydroxylation sites is 1. The van der Waals surface area contributed by atoms with E-state index in [2.05, 4.69) is 82.0 Å². The average molecular weight is 405 g/mol. The quantitative estimate of drug-likeness (QED) is 0.699. The normalized spacial score (nSPS) is 27.3. The third-order valence-corrected chi connectivity index (χ3v) is 7.35. The summed E-state index contributed by atoms with van der Waals surface area (Å²) in [5.41, 5.74) is 4.63. The van der Waals surface area contributed by atoms with Gasteiger partial charge < -0.3 is 14.0 Å². The Hall–Kier alpha value is -1.82. The Morgan fingerprint density at radius 3 is 2.47 bits per heavy atom. The van der Waals surface area contributed by atoms with Crippen LogP contribution in [0.4, 0.5) is 0 Å². The molecule has 0 bridgehead atoms. The zero-order valence-electron chi connectivity index (χ0n) is 18.8. The molecular formula is C25H32BNO3. The summed E-state index contributed by atoms with van der Waals surface area (Å²) in [5.74, 6) is 1.02. The summed E-state index contributed by atoms with van der Waals surface area (Å²) in [6.45, 7) is 12.5. The number of ether oxygens (including phenoxy) is 1. The number of hydrogen-bond acceptors (Lipinski definition) is 4. The lowest BCUT2D eigenvalue weighted by molar-refractivity contribution is 0.00578. The molecule has 2 aromatic rings. The highest BCUT2D eigenvalue weighted by molar-refractivity contribution is 6.62. The fourth-order valence-corrected chi connectivity index (χ4v) is 4.96. The van der Waals surface area contributed by atoms with Gasteiger partial charge in [-0.05, 0) is 70.1 Å². The van der Waals surface area contributed by atoms with Crippen LogP contribution in [0.5, 0.6) is 5.75 Å². The van der Waals surface area contributed by atoms with Gasteiger partial charge >= 0.3 is 7.12 Å². The lowest BCUT2D eigenvalue weighted by atomic mass is 9.77. The zero-order chi connectivity index (χ0) is 21.1. The summed E-state index contributed by atoms with van der Waals surface area (Å²) in [7, 11) is -0.311. The lowest BCUT2D eigenvalue weighted by Gasteiger charge is -2.32. The van der Waals surface area contributed by atoms with E-state index < -0.39 is 0 Å². The molecule has 2 unspecified atom stereocenters. The Kier molecular flexibility index (Phi) is 4.77. The molecular weight excluding hydrogens is 373 g/mol. The second kappa shape index (κ2) is 7.11. The first-order valence-corrected chi connectivity index (χ1v) is 11.2. The standard InChI is InChI=1S/C25H32BNO3/c1-17-15-27(16-19-8-6-7-9-23(19)28-17)22-13-11-18-10-12-20(14-21(18)22)26-29-24(2,3)25(4,5)30-26/h6-10,12,14,17,22H,11,13,15-16H2,1-5H3. The van der Waals surface area contributed by atoms with Crippen LogP contribution in [0.3, 0.4) is 0 Å². The Labute approximate surface area is 180 Å². The van der Waals surface area contributed by atoms with Crippen LogP contribution < -0.4 is 10.2 Å². The second-order valence-electron chi connectivity index (χ2n) is 10.1. The van der Waals surface area contributed by atoms with Gasteiger partial charge in [0, 0.05) is 24.7 Å². The highest BCUT2D eigenvalue weighted by Gasteiger charge is 2.52. The molecule has 2 aromatic carbocycles. The van der Waals surface area contributed by atoms with Crippen molar-refractivity contribution in [3.63, 3.8) is 0 Å². The zero-order valence-corrected chi connectivity index (χ0v) is 18.8. The van der Waals surface area contributed by atoms with E-state index in [0.717, 1.165) is 37.1 Å². The molecule has 2 aliphatic heterocycles. The molecule has 1 saturated heterocycles.